The third kappa shape index (κ3) is 3.40. The number of halogens is 3. The van der Waals surface area contributed by atoms with E-state index >= 15 is 0 Å². The predicted octanol–water partition coefficient (Wildman–Crippen LogP) is 2.93. The summed E-state index contributed by atoms with van der Waals surface area (Å²) in [6.45, 7) is 0. The van der Waals surface area contributed by atoms with E-state index in [1.807, 2.05) is 0 Å². The number of anilines is 1. The highest BCUT2D eigenvalue weighted by Crippen LogP contribution is 2.27. The van der Waals surface area contributed by atoms with Crippen LogP contribution >= 0.6 is 0 Å². The Morgan fingerprint density at radius 2 is 1.83 bits per heavy atom. The average molecular weight is 333 g/mol. The van der Waals surface area contributed by atoms with Gasteiger partial charge in [-0.1, -0.05) is 6.07 Å². The minimum atomic E-state index is -4.54. The van der Waals surface area contributed by atoms with Gasteiger partial charge < -0.3 is 5.32 Å². The highest BCUT2D eigenvalue weighted by atomic mass is 19.4. The van der Waals surface area contributed by atoms with Gasteiger partial charge in [-0.15, -0.1) is 10.2 Å². The summed E-state index contributed by atoms with van der Waals surface area (Å²) in [5.41, 5.74) is 0.181. The molecule has 24 heavy (non-hydrogen) atoms. The van der Waals surface area contributed by atoms with Gasteiger partial charge in [-0.05, 0) is 30.3 Å². The standard InChI is InChI=1S/C15H10F3N5O/c16-15(17,18)13-5-4-10(7-19-13)14(24)22-11-2-1-3-12(6-11)23-8-20-21-9-23/h1-9H,(H,22,24). The summed E-state index contributed by atoms with van der Waals surface area (Å²) in [6.07, 6.45) is -0.647. The number of benzene rings is 1. The van der Waals surface area contributed by atoms with E-state index in [0.717, 1.165) is 24.0 Å². The van der Waals surface area contributed by atoms with E-state index in [1.165, 1.54) is 12.7 Å². The van der Waals surface area contributed by atoms with Gasteiger partial charge in [-0.3, -0.25) is 14.3 Å². The Balaban J connectivity index is 1.76. The molecule has 0 aliphatic carbocycles. The summed E-state index contributed by atoms with van der Waals surface area (Å²) in [5, 5.41) is 9.98. The zero-order valence-electron chi connectivity index (χ0n) is 12.0. The molecule has 0 unspecified atom stereocenters. The molecule has 0 aliphatic rings. The topological polar surface area (TPSA) is 72.7 Å². The molecule has 0 fully saturated rings. The summed E-state index contributed by atoms with van der Waals surface area (Å²) < 4.78 is 39.1. The fraction of sp³-hybridized carbons (Fsp3) is 0.0667. The molecule has 9 heteroatoms. The minimum Gasteiger partial charge on any atom is -0.322 e. The van der Waals surface area contributed by atoms with Crippen LogP contribution in [-0.4, -0.2) is 25.7 Å². The molecular formula is C15H10F3N5O. The molecule has 0 radical (unpaired) electrons. The molecule has 3 rings (SSSR count). The molecule has 2 heterocycles. The summed E-state index contributed by atoms with van der Waals surface area (Å²) in [6, 6.07) is 8.69. The van der Waals surface area contributed by atoms with Gasteiger partial charge in [0.2, 0.25) is 0 Å². The Labute approximate surface area is 134 Å². The van der Waals surface area contributed by atoms with Crippen molar-refractivity contribution in [3.05, 3.63) is 66.5 Å². The molecule has 1 N–H and O–H groups in total. The van der Waals surface area contributed by atoms with Gasteiger partial charge in [0.1, 0.15) is 18.3 Å². The van der Waals surface area contributed by atoms with Crippen LogP contribution in [0.15, 0.2) is 55.2 Å². The van der Waals surface area contributed by atoms with E-state index in [-0.39, 0.29) is 5.56 Å². The maximum absolute atomic E-state index is 12.5. The van der Waals surface area contributed by atoms with Crippen molar-refractivity contribution in [2.45, 2.75) is 6.18 Å². The predicted molar refractivity (Wildman–Crippen MR) is 78.6 cm³/mol. The lowest BCUT2D eigenvalue weighted by Gasteiger charge is -2.09. The summed E-state index contributed by atoms with van der Waals surface area (Å²) in [5.74, 6) is -0.558. The van der Waals surface area contributed by atoms with Crippen LogP contribution in [-0.2, 0) is 6.18 Å². The highest BCUT2D eigenvalue weighted by Gasteiger charge is 2.32. The Morgan fingerprint density at radius 1 is 1.08 bits per heavy atom. The molecule has 122 valence electrons. The number of hydrogen-bond acceptors (Lipinski definition) is 4. The van der Waals surface area contributed by atoms with E-state index in [9.17, 15) is 18.0 Å². The Bertz CT molecular complexity index is 844. The van der Waals surface area contributed by atoms with Gasteiger partial charge >= 0.3 is 6.18 Å². The molecule has 1 aromatic carbocycles. The van der Waals surface area contributed by atoms with E-state index in [0.29, 0.717) is 5.69 Å². The van der Waals surface area contributed by atoms with Gasteiger partial charge in [0.15, 0.2) is 0 Å². The van der Waals surface area contributed by atoms with E-state index < -0.39 is 17.8 Å². The fourth-order valence-electron chi connectivity index (χ4n) is 1.98. The molecule has 0 saturated heterocycles. The Kier molecular flexibility index (Phi) is 3.98. The van der Waals surface area contributed by atoms with Crippen molar-refractivity contribution in [1.82, 2.24) is 19.7 Å². The number of hydrogen-bond donors (Lipinski definition) is 1. The van der Waals surface area contributed by atoms with Gasteiger partial charge in [-0.2, -0.15) is 13.2 Å². The van der Waals surface area contributed by atoms with Crippen molar-refractivity contribution in [2.75, 3.05) is 5.32 Å². The lowest BCUT2D eigenvalue weighted by molar-refractivity contribution is -0.141. The molecular weight excluding hydrogens is 323 g/mol. The van der Waals surface area contributed by atoms with Crippen molar-refractivity contribution in [2.24, 2.45) is 0 Å². The second kappa shape index (κ2) is 6.11. The molecule has 1 amide bonds. The number of rotatable bonds is 3. The van der Waals surface area contributed by atoms with Crippen LogP contribution in [0.25, 0.3) is 5.69 Å². The number of carbonyl (C=O) groups excluding carboxylic acids is 1. The molecule has 0 saturated carbocycles. The maximum Gasteiger partial charge on any atom is 0.433 e. The van der Waals surface area contributed by atoms with Gasteiger partial charge in [0.25, 0.3) is 5.91 Å². The number of alkyl halides is 3. The summed E-state index contributed by atoms with van der Waals surface area (Å²) in [7, 11) is 0. The average Bonchev–Trinajstić information content (AvgIpc) is 3.09. The van der Waals surface area contributed by atoms with E-state index in [1.54, 1.807) is 28.8 Å². The fourth-order valence-corrected chi connectivity index (χ4v) is 1.98. The number of aromatic nitrogens is 4. The molecule has 2 aromatic heterocycles. The summed E-state index contributed by atoms with van der Waals surface area (Å²) >= 11 is 0. The number of amides is 1. The number of pyridine rings is 1. The lowest BCUT2D eigenvalue weighted by atomic mass is 10.2. The smallest absolute Gasteiger partial charge is 0.322 e. The van der Waals surface area contributed by atoms with Crippen molar-refractivity contribution in [3.63, 3.8) is 0 Å². The largest absolute Gasteiger partial charge is 0.433 e. The first kappa shape index (κ1) is 15.7. The molecule has 6 nitrogen and oxygen atoms in total. The molecule has 0 bridgehead atoms. The first-order chi connectivity index (χ1) is 11.4. The number of nitrogens with one attached hydrogen (secondary N) is 1. The zero-order valence-corrected chi connectivity index (χ0v) is 12.0. The van der Waals surface area contributed by atoms with Crippen molar-refractivity contribution >= 4 is 11.6 Å². The van der Waals surface area contributed by atoms with Crippen LogP contribution < -0.4 is 5.32 Å². The van der Waals surface area contributed by atoms with Crippen molar-refractivity contribution < 1.29 is 18.0 Å². The van der Waals surface area contributed by atoms with Crippen LogP contribution in [0.2, 0.25) is 0 Å². The monoisotopic (exact) mass is 333 g/mol. The van der Waals surface area contributed by atoms with Gasteiger partial charge in [0.05, 0.1) is 11.3 Å². The van der Waals surface area contributed by atoms with Crippen molar-refractivity contribution in [3.8, 4) is 5.69 Å². The first-order valence-corrected chi connectivity index (χ1v) is 6.73. The second-order valence-electron chi connectivity index (χ2n) is 4.80. The molecule has 0 aliphatic heterocycles. The van der Waals surface area contributed by atoms with Crippen LogP contribution in [0.1, 0.15) is 16.1 Å². The third-order valence-electron chi connectivity index (χ3n) is 3.14. The van der Waals surface area contributed by atoms with Crippen LogP contribution in [0.5, 0.6) is 0 Å². The normalized spacial score (nSPS) is 11.3. The Morgan fingerprint density at radius 3 is 2.46 bits per heavy atom. The maximum atomic E-state index is 12.5. The quantitative estimate of drug-likeness (QED) is 0.800. The van der Waals surface area contributed by atoms with Gasteiger partial charge in [-0.25, -0.2) is 0 Å². The highest BCUT2D eigenvalue weighted by molar-refractivity contribution is 6.04. The van der Waals surface area contributed by atoms with Crippen LogP contribution in [0.3, 0.4) is 0 Å². The zero-order chi connectivity index (χ0) is 17.2. The minimum absolute atomic E-state index is 0.0256. The number of nitrogens with zero attached hydrogens (tertiary/aromatic N) is 4. The lowest BCUT2D eigenvalue weighted by Crippen LogP contribution is -2.14. The van der Waals surface area contributed by atoms with Crippen LogP contribution in [0.4, 0.5) is 18.9 Å². The third-order valence-corrected chi connectivity index (χ3v) is 3.14. The Hall–Kier alpha value is -3.23. The SMILES string of the molecule is O=C(Nc1cccc(-n2cnnc2)c1)c1ccc(C(F)(F)F)nc1. The second-order valence-corrected chi connectivity index (χ2v) is 4.80. The van der Waals surface area contributed by atoms with Gasteiger partial charge in [0, 0.05) is 11.9 Å². The first-order valence-electron chi connectivity index (χ1n) is 6.73. The molecule has 3 aromatic rings. The van der Waals surface area contributed by atoms with Crippen molar-refractivity contribution in [1.29, 1.82) is 0 Å². The molecule has 0 atom stereocenters. The van der Waals surface area contributed by atoms with Crippen LogP contribution in [0, 0.1) is 0 Å². The summed E-state index contributed by atoms with van der Waals surface area (Å²) in [4.78, 5) is 15.4. The van der Waals surface area contributed by atoms with E-state index in [2.05, 4.69) is 20.5 Å². The molecule has 0 spiro atoms. The van der Waals surface area contributed by atoms with E-state index in [4.69, 9.17) is 0 Å². The number of carbonyl (C=O) groups is 1.